The second-order valence-corrected chi connectivity index (χ2v) is 7.82. The van der Waals surface area contributed by atoms with Crippen LogP contribution in [0.1, 0.15) is 11.1 Å². The van der Waals surface area contributed by atoms with E-state index in [0.717, 1.165) is 31.4 Å². The maximum Gasteiger partial charge on any atom is 0.262 e. The van der Waals surface area contributed by atoms with Gasteiger partial charge in [-0.25, -0.2) is 0 Å². The molecule has 0 unspecified atom stereocenters. The normalized spacial score (nSPS) is 10.8. The van der Waals surface area contributed by atoms with E-state index in [1.54, 1.807) is 6.21 Å². The van der Waals surface area contributed by atoms with Crippen molar-refractivity contribution in [2.45, 2.75) is 6.92 Å². The van der Waals surface area contributed by atoms with Gasteiger partial charge in [-0.1, -0.05) is 30.3 Å². The van der Waals surface area contributed by atoms with Crippen LogP contribution in [0.4, 0.5) is 11.4 Å². The Morgan fingerprint density at radius 1 is 1.04 bits per heavy atom. The van der Waals surface area contributed by atoms with Gasteiger partial charge in [0.1, 0.15) is 5.75 Å². The fraction of sp³-hybridized carbons (Fsp3) is 0.0909. The van der Waals surface area contributed by atoms with Crippen molar-refractivity contribution in [2.24, 2.45) is 4.99 Å². The van der Waals surface area contributed by atoms with E-state index in [2.05, 4.69) is 42.2 Å². The molecule has 0 aromatic heterocycles. The molecule has 3 rings (SSSR count). The van der Waals surface area contributed by atoms with Gasteiger partial charge >= 0.3 is 0 Å². The van der Waals surface area contributed by atoms with Crippen molar-refractivity contribution in [2.75, 3.05) is 11.9 Å². The highest BCUT2D eigenvalue weighted by Gasteiger charge is 2.11. The molecule has 0 aliphatic heterocycles. The minimum atomic E-state index is -0.223. The minimum Gasteiger partial charge on any atom is -0.481 e. The van der Waals surface area contributed by atoms with Gasteiger partial charge in [0, 0.05) is 11.9 Å². The molecule has 0 saturated carbocycles. The Bertz CT molecular complexity index is 981. The topological polar surface area (TPSA) is 50.7 Å². The van der Waals surface area contributed by atoms with Gasteiger partial charge in [-0.15, -0.1) is 0 Å². The summed E-state index contributed by atoms with van der Waals surface area (Å²) in [6.07, 6.45) is 1.78. The van der Waals surface area contributed by atoms with Crippen LogP contribution in [0.5, 0.6) is 5.75 Å². The lowest BCUT2D eigenvalue weighted by atomic mass is 10.2. The standard InChI is InChI=1S/C22H18Br2N2O2/c1-15-6-5-9-18(10-15)26-21(27)14-28-22-19(23)11-16(12-20(22)24)13-25-17-7-3-2-4-8-17/h2-13H,14H2,1H3,(H,26,27). The number of para-hydroxylation sites is 1. The predicted molar refractivity (Wildman–Crippen MR) is 121 cm³/mol. The van der Waals surface area contributed by atoms with Crippen molar-refractivity contribution in [3.8, 4) is 5.75 Å². The summed E-state index contributed by atoms with van der Waals surface area (Å²) in [5.74, 6) is 0.343. The Morgan fingerprint density at radius 3 is 2.43 bits per heavy atom. The number of hydrogen-bond donors (Lipinski definition) is 1. The molecule has 0 saturated heterocycles. The van der Waals surface area contributed by atoms with E-state index in [1.165, 1.54) is 0 Å². The summed E-state index contributed by atoms with van der Waals surface area (Å²) < 4.78 is 7.17. The van der Waals surface area contributed by atoms with Crippen molar-refractivity contribution in [1.82, 2.24) is 0 Å². The molecule has 1 amide bonds. The third-order valence-electron chi connectivity index (χ3n) is 3.79. The Kier molecular flexibility index (Phi) is 7.01. The number of amides is 1. The number of nitrogens with zero attached hydrogens (tertiary/aromatic N) is 1. The van der Waals surface area contributed by atoms with E-state index in [4.69, 9.17) is 4.74 Å². The number of benzene rings is 3. The summed E-state index contributed by atoms with van der Waals surface area (Å²) in [5, 5.41) is 2.83. The number of aliphatic imine (C=N–C) groups is 1. The molecule has 0 radical (unpaired) electrons. The summed E-state index contributed by atoms with van der Waals surface area (Å²) >= 11 is 7.00. The number of halogens is 2. The van der Waals surface area contributed by atoms with Crippen LogP contribution < -0.4 is 10.1 Å². The summed E-state index contributed by atoms with van der Waals surface area (Å²) in [7, 11) is 0. The molecular weight excluding hydrogens is 484 g/mol. The third-order valence-corrected chi connectivity index (χ3v) is 4.97. The van der Waals surface area contributed by atoms with Crippen LogP contribution >= 0.6 is 31.9 Å². The van der Waals surface area contributed by atoms with Gasteiger partial charge in [0.05, 0.1) is 14.6 Å². The number of carbonyl (C=O) groups excluding carboxylic acids is 1. The van der Waals surface area contributed by atoms with Crippen molar-refractivity contribution >= 4 is 55.4 Å². The quantitative estimate of drug-likeness (QED) is 0.403. The van der Waals surface area contributed by atoms with E-state index in [0.29, 0.717) is 5.75 Å². The zero-order chi connectivity index (χ0) is 19.9. The van der Waals surface area contributed by atoms with E-state index >= 15 is 0 Å². The lowest BCUT2D eigenvalue weighted by Crippen LogP contribution is -2.20. The fourth-order valence-corrected chi connectivity index (χ4v) is 3.96. The first-order valence-corrected chi connectivity index (χ1v) is 10.2. The van der Waals surface area contributed by atoms with Crippen LogP contribution in [0.3, 0.4) is 0 Å². The lowest BCUT2D eigenvalue weighted by Gasteiger charge is -2.12. The van der Waals surface area contributed by atoms with E-state index in [1.807, 2.05) is 73.7 Å². The number of carbonyl (C=O) groups is 1. The molecule has 0 heterocycles. The molecule has 142 valence electrons. The van der Waals surface area contributed by atoms with Crippen molar-refractivity contribution in [3.63, 3.8) is 0 Å². The molecule has 28 heavy (non-hydrogen) atoms. The number of rotatable bonds is 6. The Balaban J connectivity index is 1.64. The lowest BCUT2D eigenvalue weighted by molar-refractivity contribution is -0.118. The SMILES string of the molecule is Cc1cccc(NC(=O)COc2c(Br)cc(C=Nc3ccccc3)cc2Br)c1. The summed E-state index contributed by atoms with van der Waals surface area (Å²) in [6.45, 7) is 1.88. The predicted octanol–water partition coefficient (Wildman–Crippen LogP) is 6.29. The van der Waals surface area contributed by atoms with Gasteiger partial charge < -0.3 is 10.1 Å². The molecule has 0 aliphatic carbocycles. The highest BCUT2D eigenvalue weighted by molar-refractivity contribution is 9.11. The van der Waals surface area contributed by atoms with Crippen LogP contribution in [0, 0.1) is 6.92 Å². The summed E-state index contributed by atoms with van der Waals surface area (Å²) in [4.78, 5) is 16.6. The number of anilines is 1. The Labute approximate surface area is 180 Å². The second kappa shape index (κ2) is 9.66. The average molecular weight is 502 g/mol. The monoisotopic (exact) mass is 500 g/mol. The van der Waals surface area contributed by atoms with Gasteiger partial charge in [-0.05, 0) is 86.3 Å². The number of ether oxygens (including phenoxy) is 1. The fourth-order valence-electron chi connectivity index (χ4n) is 2.51. The van der Waals surface area contributed by atoms with Gasteiger partial charge in [-0.2, -0.15) is 0 Å². The van der Waals surface area contributed by atoms with Crippen LogP contribution in [0.2, 0.25) is 0 Å². The highest BCUT2D eigenvalue weighted by Crippen LogP contribution is 2.34. The van der Waals surface area contributed by atoms with Crippen LogP contribution in [-0.4, -0.2) is 18.7 Å². The number of hydrogen-bond acceptors (Lipinski definition) is 3. The Hall–Kier alpha value is -2.44. The maximum atomic E-state index is 12.2. The van der Waals surface area contributed by atoms with E-state index < -0.39 is 0 Å². The summed E-state index contributed by atoms with van der Waals surface area (Å²) in [5.41, 5.74) is 3.61. The third kappa shape index (κ3) is 5.78. The van der Waals surface area contributed by atoms with Crippen molar-refractivity contribution in [3.05, 3.63) is 86.8 Å². The Morgan fingerprint density at radius 2 is 1.75 bits per heavy atom. The molecular formula is C22H18Br2N2O2. The zero-order valence-corrected chi connectivity index (χ0v) is 18.3. The zero-order valence-electron chi connectivity index (χ0n) is 15.2. The minimum absolute atomic E-state index is 0.0946. The molecule has 3 aromatic rings. The van der Waals surface area contributed by atoms with Crippen molar-refractivity contribution in [1.29, 1.82) is 0 Å². The molecule has 0 atom stereocenters. The molecule has 0 spiro atoms. The maximum absolute atomic E-state index is 12.2. The molecule has 6 heteroatoms. The average Bonchev–Trinajstić information content (AvgIpc) is 2.66. The van der Waals surface area contributed by atoms with Gasteiger partial charge in [0.25, 0.3) is 5.91 Å². The molecule has 1 N–H and O–H groups in total. The first-order chi connectivity index (χ1) is 13.5. The largest absolute Gasteiger partial charge is 0.481 e. The number of nitrogens with one attached hydrogen (secondary N) is 1. The molecule has 0 bridgehead atoms. The van der Waals surface area contributed by atoms with Crippen LogP contribution in [0.15, 0.2) is 80.7 Å². The molecule has 0 aliphatic rings. The van der Waals surface area contributed by atoms with Gasteiger partial charge in [-0.3, -0.25) is 9.79 Å². The molecule has 0 fully saturated rings. The van der Waals surface area contributed by atoms with E-state index in [-0.39, 0.29) is 12.5 Å². The number of aryl methyl sites for hydroxylation is 1. The molecule has 3 aromatic carbocycles. The van der Waals surface area contributed by atoms with Gasteiger partial charge in [0.15, 0.2) is 6.61 Å². The van der Waals surface area contributed by atoms with Gasteiger partial charge in [0.2, 0.25) is 0 Å². The van der Waals surface area contributed by atoms with E-state index in [9.17, 15) is 4.79 Å². The second-order valence-electron chi connectivity index (χ2n) is 6.11. The summed E-state index contributed by atoms with van der Waals surface area (Å²) in [6, 6.07) is 21.1. The first-order valence-electron chi connectivity index (χ1n) is 8.59. The van der Waals surface area contributed by atoms with Crippen LogP contribution in [0.25, 0.3) is 0 Å². The van der Waals surface area contributed by atoms with Crippen LogP contribution in [-0.2, 0) is 4.79 Å². The van der Waals surface area contributed by atoms with Crippen molar-refractivity contribution < 1.29 is 9.53 Å². The highest BCUT2D eigenvalue weighted by atomic mass is 79.9. The smallest absolute Gasteiger partial charge is 0.262 e. The first kappa shape index (κ1) is 20.3. The molecule has 4 nitrogen and oxygen atoms in total.